The Balaban J connectivity index is 1.08. The molecule has 0 bridgehead atoms. The van der Waals surface area contributed by atoms with Gasteiger partial charge in [-0.25, -0.2) is 5.43 Å². The van der Waals surface area contributed by atoms with Crippen LogP contribution in [-0.2, 0) is 22.7 Å². The van der Waals surface area contributed by atoms with Gasteiger partial charge in [0, 0.05) is 50.0 Å². The summed E-state index contributed by atoms with van der Waals surface area (Å²) in [5, 5.41) is 6.54. The van der Waals surface area contributed by atoms with Crippen molar-refractivity contribution in [3.63, 3.8) is 0 Å². The van der Waals surface area contributed by atoms with Crippen molar-refractivity contribution in [2.24, 2.45) is 11.8 Å². The molecule has 1 aromatic heterocycles. The van der Waals surface area contributed by atoms with Crippen molar-refractivity contribution in [3.05, 3.63) is 102 Å². The van der Waals surface area contributed by atoms with Crippen LogP contribution in [0, 0.1) is 11.8 Å². The molecule has 1 aliphatic carbocycles. The molecule has 2 aromatic carbocycles. The zero-order valence-electron chi connectivity index (χ0n) is 23.4. The Labute approximate surface area is 242 Å². The number of hydrogen-bond donors (Lipinski definition) is 4. The van der Waals surface area contributed by atoms with E-state index in [1.165, 1.54) is 11.1 Å². The molecule has 3 aromatic rings. The largest absolute Gasteiger partial charge is 0.352 e. The smallest absolute Gasteiger partial charge is 0.237 e. The lowest BCUT2D eigenvalue weighted by Gasteiger charge is -2.40. The molecule has 214 valence electrons. The van der Waals surface area contributed by atoms with Gasteiger partial charge in [-0.15, -0.1) is 0 Å². The standard InChI is InChI=1S/C33H40N6O2/c40-32(26-11-13-29-28(19-26)31(38-37-29)25-15-17-34-18-16-25)36-27-12-14-30(33(41)35-20-23-7-3-1-4-8-23)39(22-27)21-24-9-5-2-6-10-24/h1-10,15-18,26-31,37-38H,11-14,19-22H2,(H,35,41)(H,36,40)/t26?,27-,28?,29?,30+,31?/m1/s1. The van der Waals surface area contributed by atoms with Gasteiger partial charge in [0.2, 0.25) is 11.8 Å². The van der Waals surface area contributed by atoms with Crippen LogP contribution in [0.25, 0.3) is 0 Å². The van der Waals surface area contributed by atoms with E-state index < -0.39 is 0 Å². The Morgan fingerprint density at radius 1 is 0.829 bits per heavy atom. The second kappa shape index (κ2) is 12.9. The van der Waals surface area contributed by atoms with Gasteiger partial charge in [0.1, 0.15) is 0 Å². The minimum absolute atomic E-state index is 0.00300. The third-order valence-electron chi connectivity index (χ3n) is 9.06. The van der Waals surface area contributed by atoms with E-state index in [4.69, 9.17) is 0 Å². The molecular weight excluding hydrogens is 512 g/mol. The Bertz CT molecular complexity index is 1290. The number of nitrogens with zero attached hydrogens (tertiary/aromatic N) is 2. The summed E-state index contributed by atoms with van der Waals surface area (Å²) in [6.07, 6.45) is 7.89. The number of rotatable bonds is 8. The number of amides is 2. The summed E-state index contributed by atoms with van der Waals surface area (Å²) in [5.74, 6) is 0.564. The van der Waals surface area contributed by atoms with Crippen LogP contribution >= 0.6 is 0 Å². The SMILES string of the molecule is O=C(N[C@@H]1CC[C@@H](C(=O)NCc2ccccc2)N(Cc2ccccc2)C1)C1CCC2NNC(c3ccncc3)C2C1. The van der Waals surface area contributed by atoms with Crippen molar-refractivity contribution in [2.45, 2.75) is 69.4 Å². The topological polar surface area (TPSA) is 98.4 Å². The summed E-state index contributed by atoms with van der Waals surface area (Å²) < 4.78 is 0. The van der Waals surface area contributed by atoms with Gasteiger partial charge in [0.05, 0.1) is 12.1 Å². The maximum atomic E-state index is 13.6. The van der Waals surface area contributed by atoms with Crippen molar-refractivity contribution in [2.75, 3.05) is 6.54 Å². The third kappa shape index (κ3) is 6.67. The number of pyridine rings is 1. The van der Waals surface area contributed by atoms with E-state index in [9.17, 15) is 9.59 Å². The van der Waals surface area contributed by atoms with Crippen LogP contribution in [0.1, 0.15) is 54.8 Å². The van der Waals surface area contributed by atoms with Gasteiger partial charge in [-0.05, 0) is 66.8 Å². The lowest BCUT2D eigenvalue weighted by Crippen LogP contribution is -2.56. The lowest BCUT2D eigenvalue weighted by molar-refractivity contribution is -0.130. The molecule has 2 amide bonds. The van der Waals surface area contributed by atoms with Crippen LogP contribution in [0.5, 0.6) is 0 Å². The van der Waals surface area contributed by atoms with E-state index in [1.807, 2.05) is 60.9 Å². The minimum atomic E-state index is -0.223. The third-order valence-corrected chi connectivity index (χ3v) is 9.06. The molecule has 4 N–H and O–H groups in total. The van der Waals surface area contributed by atoms with Gasteiger partial charge < -0.3 is 10.6 Å². The van der Waals surface area contributed by atoms with E-state index in [-0.39, 0.29) is 35.9 Å². The molecule has 8 heteroatoms. The summed E-state index contributed by atoms with van der Waals surface area (Å²) in [7, 11) is 0. The average Bonchev–Trinajstić information content (AvgIpc) is 3.45. The molecule has 0 spiro atoms. The Morgan fingerprint density at radius 3 is 2.32 bits per heavy atom. The van der Waals surface area contributed by atoms with Gasteiger partial charge in [0.15, 0.2) is 0 Å². The van der Waals surface area contributed by atoms with E-state index >= 15 is 0 Å². The van der Waals surface area contributed by atoms with Gasteiger partial charge in [-0.2, -0.15) is 0 Å². The summed E-state index contributed by atoms with van der Waals surface area (Å²) >= 11 is 0. The first-order chi connectivity index (χ1) is 20.1. The highest BCUT2D eigenvalue weighted by Gasteiger charge is 2.43. The second-order valence-corrected chi connectivity index (χ2v) is 11.7. The maximum Gasteiger partial charge on any atom is 0.237 e. The van der Waals surface area contributed by atoms with E-state index in [2.05, 4.69) is 55.6 Å². The molecule has 0 radical (unpaired) electrons. The van der Waals surface area contributed by atoms with Crippen LogP contribution in [0.15, 0.2) is 85.2 Å². The fourth-order valence-corrected chi connectivity index (χ4v) is 6.87. The molecular formula is C33H40N6O2. The second-order valence-electron chi connectivity index (χ2n) is 11.7. The number of likely N-dealkylation sites (tertiary alicyclic amines) is 1. The Kier molecular flexibility index (Phi) is 8.70. The van der Waals surface area contributed by atoms with E-state index in [0.717, 1.165) is 31.2 Å². The highest BCUT2D eigenvalue weighted by atomic mass is 16.2. The van der Waals surface area contributed by atoms with Crippen molar-refractivity contribution >= 4 is 11.8 Å². The van der Waals surface area contributed by atoms with Crippen LogP contribution in [-0.4, -0.2) is 46.4 Å². The normalized spacial score (nSPS) is 28.0. The number of nitrogens with one attached hydrogen (secondary N) is 4. The molecule has 4 unspecified atom stereocenters. The number of hydrogen-bond acceptors (Lipinski definition) is 6. The zero-order chi connectivity index (χ0) is 28.0. The average molecular weight is 553 g/mol. The van der Waals surface area contributed by atoms with Gasteiger partial charge in [-0.3, -0.25) is 24.9 Å². The Morgan fingerprint density at radius 2 is 1.56 bits per heavy atom. The maximum absolute atomic E-state index is 13.6. The minimum Gasteiger partial charge on any atom is -0.352 e. The van der Waals surface area contributed by atoms with Crippen molar-refractivity contribution in [1.82, 2.24) is 31.4 Å². The van der Waals surface area contributed by atoms with Crippen molar-refractivity contribution < 1.29 is 9.59 Å². The van der Waals surface area contributed by atoms with Crippen LogP contribution in [0.3, 0.4) is 0 Å². The van der Waals surface area contributed by atoms with E-state index in [0.29, 0.717) is 38.0 Å². The van der Waals surface area contributed by atoms with Crippen molar-refractivity contribution in [3.8, 4) is 0 Å². The first-order valence-corrected chi connectivity index (χ1v) is 14.9. The zero-order valence-corrected chi connectivity index (χ0v) is 23.4. The summed E-state index contributed by atoms with van der Waals surface area (Å²) in [6, 6.07) is 24.8. The van der Waals surface area contributed by atoms with Crippen LogP contribution in [0.2, 0.25) is 0 Å². The summed E-state index contributed by atoms with van der Waals surface area (Å²) in [5.41, 5.74) is 10.4. The predicted octanol–water partition coefficient (Wildman–Crippen LogP) is 3.48. The molecule has 3 aliphatic rings. The molecule has 2 saturated heterocycles. The fraction of sp³-hybridized carbons (Fsp3) is 0.424. The molecule has 3 fully saturated rings. The number of aromatic nitrogens is 1. The Hall–Kier alpha value is -3.59. The highest BCUT2D eigenvalue weighted by Crippen LogP contribution is 2.40. The number of piperidine rings is 1. The number of hydrazine groups is 1. The van der Waals surface area contributed by atoms with Gasteiger partial charge in [0.25, 0.3) is 0 Å². The molecule has 6 rings (SSSR count). The number of fused-ring (bicyclic) bond motifs is 1. The molecule has 1 saturated carbocycles. The van der Waals surface area contributed by atoms with Crippen LogP contribution < -0.4 is 21.5 Å². The first kappa shape index (κ1) is 27.6. The lowest BCUT2D eigenvalue weighted by atomic mass is 9.74. The van der Waals surface area contributed by atoms with Crippen molar-refractivity contribution in [1.29, 1.82) is 0 Å². The van der Waals surface area contributed by atoms with Gasteiger partial charge >= 0.3 is 0 Å². The highest BCUT2D eigenvalue weighted by molar-refractivity contribution is 5.82. The molecule has 3 heterocycles. The predicted molar refractivity (Wildman–Crippen MR) is 158 cm³/mol. The number of carbonyl (C=O) groups excluding carboxylic acids is 2. The fourth-order valence-electron chi connectivity index (χ4n) is 6.87. The van der Waals surface area contributed by atoms with E-state index in [1.54, 1.807) is 0 Å². The summed E-state index contributed by atoms with van der Waals surface area (Å²) in [4.78, 5) is 33.3. The molecule has 8 nitrogen and oxygen atoms in total. The molecule has 41 heavy (non-hydrogen) atoms. The monoisotopic (exact) mass is 552 g/mol. The van der Waals surface area contributed by atoms with Crippen LogP contribution in [0.4, 0.5) is 0 Å². The molecule has 2 aliphatic heterocycles. The number of carbonyl (C=O) groups is 2. The summed E-state index contributed by atoms with van der Waals surface area (Å²) in [6.45, 7) is 1.85. The quantitative estimate of drug-likeness (QED) is 0.342. The first-order valence-electron chi connectivity index (χ1n) is 14.9. The van der Waals surface area contributed by atoms with Gasteiger partial charge in [-0.1, -0.05) is 60.7 Å². The molecule has 6 atom stereocenters. The number of benzene rings is 2.